The third-order valence-electron chi connectivity index (χ3n) is 5.55. The molecule has 2 fully saturated rings. The number of piperidine rings is 1. The van der Waals surface area contributed by atoms with Gasteiger partial charge in [0.05, 0.1) is 29.5 Å². The highest BCUT2D eigenvalue weighted by Gasteiger charge is 2.28. The Balaban J connectivity index is 1.47. The second-order valence-electron chi connectivity index (χ2n) is 7.47. The van der Waals surface area contributed by atoms with E-state index in [1.54, 1.807) is 12.4 Å². The molecular formula is C19H26N6O. The van der Waals surface area contributed by atoms with Crippen molar-refractivity contribution in [3.05, 3.63) is 30.0 Å². The van der Waals surface area contributed by atoms with E-state index in [1.807, 2.05) is 13.1 Å². The van der Waals surface area contributed by atoms with Crippen LogP contribution in [0.15, 0.2) is 18.6 Å². The van der Waals surface area contributed by atoms with E-state index in [0.29, 0.717) is 5.92 Å². The molecule has 4 rings (SSSR count). The van der Waals surface area contributed by atoms with Crippen molar-refractivity contribution in [1.82, 2.24) is 20.2 Å². The van der Waals surface area contributed by atoms with Gasteiger partial charge in [-0.2, -0.15) is 5.10 Å². The van der Waals surface area contributed by atoms with Crippen LogP contribution < -0.4 is 10.2 Å². The fourth-order valence-electron chi connectivity index (χ4n) is 4.15. The lowest BCUT2D eigenvalue weighted by Gasteiger charge is -2.33. The van der Waals surface area contributed by atoms with Gasteiger partial charge in [0.15, 0.2) is 0 Å². The zero-order valence-corrected chi connectivity index (χ0v) is 15.2. The van der Waals surface area contributed by atoms with Crippen molar-refractivity contribution in [2.45, 2.75) is 51.4 Å². The number of rotatable bonds is 4. The van der Waals surface area contributed by atoms with E-state index in [9.17, 15) is 4.79 Å². The third-order valence-corrected chi connectivity index (χ3v) is 5.55. The average Bonchev–Trinajstić information content (AvgIpc) is 3.34. The number of anilines is 2. The summed E-state index contributed by atoms with van der Waals surface area (Å²) in [6.07, 6.45) is 11.8. The van der Waals surface area contributed by atoms with Gasteiger partial charge in [-0.25, -0.2) is 4.98 Å². The second-order valence-corrected chi connectivity index (χ2v) is 7.47. The Morgan fingerprint density at radius 2 is 2.04 bits per heavy atom. The summed E-state index contributed by atoms with van der Waals surface area (Å²) in [6.45, 7) is 3.79. The number of aromatic amines is 1. The minimum absolute atomic E-state index is 0.141. The summed E-state index contributed by atoms with van der Waals surface area (Å²) in [7, 11) is 0. The van der Waals surface area contributed by atoms with E-state index in [1.165, 1.54) is 0 Å². The van der Waals surface area contributed by atoms with E-state index >= 15 is 0 Å². The highest BCUT2D eigenvalue weighted by molar-refractivity contribution is 5.93. The smallest absolute Gasteiger partial charge is 0.227 e. The molecule has 0 spiro atoms. The zero-order valence-electron chi connectivity index (χ0n) is 15.2. The fourth-order valence-corrected chi connectivity index (χ4v) is 4.15. The Morgan fingerprint density at radius 1 is 1.19 bits per heavy atom. The number of amides is 1. The van der Waals surface area contributed by atoms with Crippen molar-refractivity contribution in [3.63, 3.8) is 0 Å². The van der Waals surface area contributed by atoms with E-state index < -0.39 is 0 Å². The highest BCUT2D eigenvalue weighted by Crippen LogP contribution is 2.33. The van der Waals surface area contributed by atoms with E-state index in [0.717, 1.165) is 74.5 Å². The molecule has 1 aliphatic carbocycles. The van der Waals surface area contributed by atoms with E-state index in [2.05, 4.69) is 30.4 Å². The van der Waals surface area contributed by atoms with E-state index in [4.69, 9.17) is 0 Å². The van der Waals surface area contributed by atoms with Crippen LogP contribution in [0.1, 0.15) is 55.8 Å². The molecule has 1 atom stereocenters. The SMILES string of the molecule is Cc1cncc(N2CCCC(c3[nH]ncc3NC(=O)C3CCCC3)C2)n1. The van der Waals surface area contributed by atoms with Gasteiger partial charge in [-0.15, -0.1) is 0 Å². The van der Waals surface area contributed by atoms with Gasteiger partial charge in [-0.3, -0.25) is 14.9 Å². The Morgan fingerprint density at radius 3 is 2.85 bits per heavy atom. The molecular weight excluding hydrogens is 328 g/mol. The molecule has 1 saturated carbocycles. The first-order valence-electron chi connectivity index (χ1n) is 9.58. The minimum Gasteiger partial charge on any atom is -0.355 e. The van der Waals surface area contributed by atoms with E-state index in [-0.39, 0.29) is 11.8 Å². The summed E-state index contributed by atoms with van der Waals surface area (Å²) >= 11 is 0. The van der Waals surface area contributed by atoms with Crippen molar-refractivity contribution >= 4 is 17.4 Å². The van der Waals surface area contributed by atoms with Crippen LogP contribution in [0.25, 0.3) is 0 Å². The molecule has 0 radical (unpaired) electrons. The molecule has 1 aliphatic heterocycles. The summed E-state index contributed by atoms with van der Waals surface area (Å²) in [4.78, 5) is 23.6. The molecule has 138 valence electrons. The zero-order chi connectivity index (χ0) is 17.9. The van der Waals surface area contributed by atoms with Crippen LogP contribution in [0.4, 0.5) is 11.5 Å². The number of carbonyl (C=O) groups is 1. The molecule has 1 amide bonds. The summed E-state index contributed by atoms with van der Waals surface area (Å²) in [5.41, 5.74) is 2.79. The first-order valence-corrected chi connectivity index (χ1v) is 9.58. The Hall–Kier alpha value is -2.44. The van der Waals surface area contributed by atoms with Gasteiger partial charge < -0.3 is 10.2 Å². The largest absolute Gasteiger partial charge is 0.355 e. The monoisotopic (exact) mass is 354 g/mol. The predicted molar refractivity (Wildman–Crippen MR) is 100 cm³/mol. The lowest BCUT2D eigenvalue weighted by Crippen LogP contribution is -2.35. The summed E-state index contributed by atoms with van der Waals surface area (Å²) in [5.74, 6) is 1.52. The Bertz CT molecular complexity index is 767. The van der Waals surface area contributed by atoms with Gasteiger partial charge in [0.25, 0.3) is 0 Å². The first-order chi connectivity index (χ1) is 12.7. The number of aromatic nitrogens is 4. The standard InChI is InChI=1S/C19H26N6O/c1-13-9-20-11-17(22-13)25-8-4-7-15(12-25)18-16(10-21-24-18)23-19(26)14-5-2-3-6-14/h9-11,14-15H,2-8,12H2,1H3,(H,21,24)(H,23,26). The number of nitrogens with zero attached hydrogens (tertiary/aromatic N) is 4. The number of carbonyl (C=O) groups excluding carboxylic acids is 1. The molecule has 2 N–H and O–H groups in total. The number of aryl methyl sites for hydroxylation is 1. The predicted octanol–water partition coefficient (Wildman–Crippen LogP) is 3.02. The van der Waals surface area contributed by atoms with Crippen molar-refractivity contribution in [1.29, 1.82) is 0 Å². The van der Waals surface area contributed by atoms with Crippen LogP contribution >= 0.6 is 0 Å². The quantitative estimate of drug-likeness (QED) is 0.881. The second kappa shape index (κ2) is 7.43. The van der Waals surface area contributed by atoms with Gasteiger partial charge in [0, 0.05) is 31.1 Å². The van der Waals surface area contributed by atoms with Crippen molar-refractivity contribution in [3.8, 4) is 0 Å². The maximum atomic E-state index is 12.5. The molecule has 2 aliphatic rings. The van der Waals surface area contributed by atoms with Crippen LogP contribution in [0.2, 0.25) is 0 Å². The van der Waals surface area contributed by atoms with Gasteiger partial charge in [-0.1, -0.05) is 12.8 Å². The molecule has 26 heavy (non-hydrogen) atoms. The molecule has 3 heterocycles. The summed E-state index contributed by atoms with van der Waals surface area (Å²) < 4.78 is 0. The van der Waals surface area contributed by atoms with Crippen LogP contribution in [-0.2, 0) is 4.79 Å². The Labute approximate surface area is 153 Å². The number of H-pyrrole nitrogens is 1. The lowest BCUT2D eigenvalue weighted by atomic mass is 9.94. The normalized spacial score (nSPS) is 21.1. The molecule has 2 aromatic heterocycles. The number of hydrogen-bond donors (Lipinski definition) is 2. The number of nitrogens with one attached hydrogen (secondary N) is 2. The summed E-state index contributed by atoms with van der Waals surface area (Å²) in [5, 5.41) is 10.4. The van der Waals surface area contributed by atoms with Crippen molar-refractivity contribution < 1.29 is 4.79 Å². The third kappa shape index (κ3) is 3.57. The van der Waals surface area contributed by atoms with Crippen molar-refractivity contribution in [2.75, 3.05) is 23.3 Å². The van der Waals surface area contributed by atoms with Gasteiger partial charge in [-0.05, 0) is 32.6 Å². The van der Waals surface area contributed by atoms with Gasteiger partial charge in [0.2, 0.25) is 5.91 Å². The highest BCUT2D eigenvalue weighted by atomic mass is 16.1. The molecule has 7 heteroatoms. The van der Waals surface area contributed by atoms with Gasteiger partial charge in [0.1, 0.15) is 5.82 Å². The first kappa shape index (κ1) is 17.0. The Kier molecular flexibility index (Phi) is 4.86. The molecule has 0 aromatic carbocycles. The molecule has 1 saturated heterocycles. The molecule has 7 nitrogen and oxygen atoms in total. The molecule has 2 aromatic rings. The van der Waals surface area contributed by atoms with Gasteiger partial charge >= 0.3 is 0 Å². The molecule has 0 bridgehead atoms. The average molecular weight is 354 g/mol. The van der Waals surface area contributed by atoms with Crippen LogP contribution in [-0.4, -0.2) is 39.2 Å². The lowest BCUT2D eigenvalue weighted by molar-refractivity contribution is -0.119. The van der Waals surface area contributed by atoms with Crippen LogP contribution in [0.5, 0.6) is 0 Å². The number of hydrogen-bond acceptors (Lipinski definition) is 5. The molecule has 1 unspecified atom stereocenters. The topological polar surface area (TPSA) is 86.8 Å². The van der Waals surface area contributed by atoms with Crippen LogP contribution in [0, 0.1) is 12.8 Å². The van der Waals surface area contributed by atoms with Crippen molar-refractivity contribution in [2.24, 2.45) is 5.92 Å². The maximum Gasteiger partial charge on any atom is 0.227 e. The fraction of sp³-hybridized carbons (Fsp3) is 0.579. The summed E-state index contributed by atoms with van der Waals surface area (Å²) in [6, 6.07) is 0. The maximum absolute atomic E-state index is 12.5. The minimum atomic E-state index is 0.141. The van der Waals surface area contributed by atoms with Crippen LogP contribution in [0.3, 0.4) is 0 Å².